The van der Waals surface area contributed by atoms with Gasteiger partial charge in [-0.2, -0.15) is 0 Å². The summed E-state index contributed by atoms with van der Waals surface area (Å²) < 4.78 is 0. The van der Waals surface area contributed by atoms with Crippen molar-refractivity contribution in [2.75, 3.05) is 10.6 Å². The van der Waals surface area contributed by atoms with Crippen LogP contribution in [0, 0.1) is 13.8 Å². The van der Waals surface area contributed by atoms with Gasteiger partial charge in [0.25, 0.3) is 11.8 Å². The van der Waals surface area contributed by atoms with Crippen LogP contribution in [0.5, 0.6) is 0 Å². The summed E-state index contributed by atoms with van der Waals surface area (Å²) in [7, 11) is 0. The Morgan fingerprint density at radius 2 is 1.55 bits per heavy atom. The topological polar surface area (TPSA) is 100 Å². The Kier molecular flexibility index (Phi) is 11.2. The maximum atomic E-state index is 13.4. The van der Waals surface area contributed by atoms with Crippen molar-refractivity contribution in [1.82, 2.24) is 10.3 Å². The molecule has 4 aromatic carbocycles. The first-order valence-electron chi connectivity index (χ1n) is 14.5. The van der Waals surface area contributed by atoms with Crippen molar-refractivity contribution in [2.45, 2.75) is 30.9 Å². The molecular formula is C36H30Cl2N4O3S2. The third kappa shape index (κ3) is 8.90. The largest absolute Gasteiger partial charge is 0.321 e. The van der Waals surface area contributed by atoms with Crippen molar-refractivity contribution < 1.29 is 14.4 Å². The molecule has 5 rings (SSSR count). The Bertz CT molecular complexity index is 1940. The molecule has 1 heterocycles. The zero-order chi connectivity index (χ0) is 33.5. The van der Waals surface area contributed by atoms with E-state index < -0.39 is 17.1 Å². The maximum Gasteiger partial charge on any atom is 0.272 e. The van der Waals surface area contributed by atoms with E-state index in [4.69, 9.17) is 23.2 Å². The lowest BCUT2D eigenvalue weighted by atomic mass is 10.1. The number of nitrogens with zero attached hydrogens (tertiary/aromatic N) is 1. The van der Waals surface area contributed by atoms with Gasteiger partial charge < -0.3 is 16.0 Å². The zero-order valence-electron chi connectivity index (χ0n) is 25.6. The first-order valence-corrected chi connectivity index (χ1v) is 17.0. The number of benzene rings is 4. The molecule has 238 valence electrons. The number of amides is 3. The fourth-order valence-corrected chi connectivity index (χ4v) is 6.51. The number of carbonyl (C=O) groups excluding carboxylic acids is 3. The predicted molar refractivity (Wildman–Crippen MR) is 194 cm³/mol. The van der Waals surface area contributed by atoms with Crippen LogP contribution in [0.3, 0.4) is 0 Å². The normalized spacial score (nSPS) is 11.9. The molecule has 3 amide bonds. The molecule has 0 aliphatic heterocycles. The van der Waals surface area contributed by atoms with Gasteiger partial charge in [0.15, 0.2) is 5.13 Å². The molecule has 3 N–H and O–H groups in total. The van der Waals surface area contributed by atoms with E-state index in [9.17, 15) is 14.4 Å². The minimum Gasteiger partial charge on any atom is -0.321 e. The van der Waals surface area contributed by atoms with Crippen molar-refractivity contribution >= 4 is 80.9 Å². The number of aromatic nitrogens is 1. The molecule has 0 fully saturated rings. The van der Waals surface area contributed by atoms with E-state index in [0.717, 1.165) is 21.0 Å². The highest BCUT2D eigenvalue weighted by atomic mass is 35.5. The molecule has 0 bridgehead atoms. The predicted octanol–water partition coefficient (Wildman–Crippen LogP) is 9.26. The lowest BCUT2D eigenvalue weighted by Crippen LogP contribution is -2.30. The number of thiazole rings is 1. The molecule has 47 heavy (non-hydrogen) atoms. The lowest BCUT2D eigenvalue weighted by Gasteiger charge is -2.13. The highest BCUT2D eigenvalue weighted by molar-refractivity contribution is 8.00. The molecule has 1 atom stereocenters. The Morgan fingerprint density at radius 1 is 0.851 bits per heavy atom. The van der Waals surface area contributed by atoms with Crippen LogP contribution in [-0.2, 0) is 9.59 Å². The summed E-state index contributed by atoms with van der Waals surface area (Å²) in [6.07, 6.45) is 1.47. The minimum atomic E-state index is -0.553. The number of carbonyl (C=O) groups is 3. The molecule has 1 aromatic heterocycles. The Labute approximate surface area is 291 Å². The Balaban J connectivity index is 1.24. The van der Waals surface area contributed by atoms with Gasteiger partial charge in [-0.05, 0) is 74.9 Å². The molecule has 0 saturated heterocycles. The molecule has 0 spiro atoms. The molecule has 0 aliphatic carbocycles. The average molecular weight is 702 g/mol. The van der Waals surface area contributed by atoms with Gasteiger partial charge in [-0.1, -0.05) is 83.4 Å². The second-order valence-corrected chi connectivity index (χ2v) is 13.9. The monoisotopic (exact) mass is 700 g/mol. The number of hydrogen-bond donors (Lipinski definition) is 3. The second-order valence-electron chi connectivity index (χ2n) is 10.5. The summed E-state index contributed by atoms with van der Waals surface area (Å²) in [6.45, 7) is 5.85. The van der Waals surface area contributed by atoms with E-state index in [1.165, 1.54) is 34.7 Å². The van der Waals surface area contributed by atoms with Crippen LogP contribution in [0.15, 0.2) is 108 Å². The molecule has 5 aromatic rings. The molecule has 0 saturated carbocycles. The summed E-state index contributed by atoms with van der Waals surface area (Å²) >= 11 is 15.4. The number of hydrogen-bond acceptors (Lipinski definition) is 6. The molecule has 1 unspecified atom stereocenters. The minimum absolute atomic E-state index is 0.0188. The van der Waals surface area contributed by atoms with E-state index in [1.807, 2.05) is 57.2 Å². The van der Waals surface area contributed by atoms with Gasteiger partial charge in [0.1, 0.15) is 5.70 Å². The summed E-state index contributed by atoms with van der Waals surface area (Å²) in [6, 6.07) is 28.8. The summed E-state index contributed by atoms with van der Waals surface area (Å²) in [5.41, 5.74) is 4.37. The fourth-order valence-electron chi connectivity index (χ4n) is 4.44. The summed E-state index contributed by atoms with van der Waals surface area (Å²) in [4.78, 5) is 45.9. The first kappa shape index (κ1) is 33.9. The van der Waals surface area contributed by atoms with Crippen molar-refractivity contribution in [2.24, 2.45) is 0 Å². The quantitative estimate of drug-likeness (QED) is 0.0996. The SMILES string of the molecule is Cc1ccc(-c2nc(NC(=O)C(C)Sc3ccc(NC(=O)/C(=C/c4cccc(Cl)c4Cl)NC(=O)c4ccccc4)cc3)sc2C)cc1. The molecular weight excluding hydrogens is 671 g/mol. The second kappa shape index (κ2) is 15.5. The number of rotatable bonds is 10. The van der Waals surface area contributed by atoms with E-state index in [-0.39, 0.29) is 16.6 Å². The number of halogens is 2. The average Bonchev–Trinajstić information content (AvgIpc) is 3.43. The molecule has 7 nitrogen and oxygen atoms in total. The Morgan fingerprint density at radius 3 is 2.26 bits per heavy atom. The van der Waals surface area contributed by atoms with Gasteiger partial charge in [0.05, 0.1) is 21.0 Å². The third-order valence-corrected chi connectivity index (χ3v) is 9.79. The lowest BCUT2D eigenvalue weighted by molar-refractivity contribution is -0.115. The van der Waals surface area contributed by atoms with Gasteiger partial charge in [-0.15, -0.1) is 23.1 Å². The fraction of sp³-hybridized carbons (Fsp3) is 0.111. The van der Waals surface area contributed by atoms with Crippen LogP contribution in [0.4, 0.5) is 10.8 Å². The van der Waals surface area contributed by atoms with Crippen molar-refractivity contribution in [3.05, 3.63) is 134 Å². The molecule has 0 radical (unpaired) electrons. The van der Waals surface area contributed by atoms with Gasteiger partial charge in [0.2, 0.25) is 5.91 Å². The van der Waals surface area contributed by atoms with Crippen LogP contribution < -0.4 is 16.0 Å². The van der Waals surface area contributed by atoms with E-state index in [0.29, 0.717) is 27.0 Å². The van der Waals surface area contributed by atoms with Crippen molar-refractivity contribution in [1.29, 1.82) is 0 Å². The van der Waals surface area contributed by atoms with Crippen LogP contribution in [0.25, 0.3) is 17.3 Å². The Hall–Kier alpha value is -4.41. The van der Waals surface area contributed by atoms with Gasteiger partial charge in [0, 0.05) is 26.6 Å². The van der Waals surface area contributed by atoms with Gasteiger partial charge in [-0.3, -0.25) is 14.4 Å². The smallest absolute Gasteiger partial charge is 0.272 e. The number of anilines is 2. The number of aryl methyl sites for hydroxylation is 2. The van der Waals surface area contributed by atoms with Crippen LogP contribution in [0.2, 0.25) is 10.0 Å². The summed E-state index contributed by atoms with van der Waals surface area (Å²) in [5.74, 6) is -1.18. The standard InChI is InChI=1S/C36H30Cl2N4O3S2/c1-21-12-14-24(15-13-21)32-22(2)47-36(41-32)42-33(43)23(3)46-28-18-16-27(17-19-28)39-35(45)30(20-26-10-7-11-29(37)31(26)38)40-34(44)25-8-5-4-6-9-25/h4-20,23H,1-3H3,(H,39,45)(H,40,44)(H,41,42,43)/b30-20-. The van der Waals surface area contributed by atoms with Crippen LogP contribution in [0.1, 0.15) is 33.3 Å². The van der Waals surface area contributed by atoms with Crippen molar-refractivity contribution in [3.8, 4) is 11.3 Å². The highest BCUT2D eigenvalue weighted by Gasteiger charge is 2.19. The van der Waals surface area contributed by atoms with Crippen molar-refractivity contribution in [3.63, 3.8) is 0 Å². The maximum absolute atomic E-state index is 13.4. The highest BCUT2D eigenvalue weighted by Crippen LogP contribution is 2.32. The number of nitrogens with one attached hydrogen (secondary N) is 3. The third-order valence-electron chi connectivity index (χ3n) is 6.96. The van der Waals surface area contributed by atoms with Crippen LogP contribution in [-0.4, -0.2) is 28.0 Å². The molecule has 11 heteroatoms. The number of thioether (sulfide) groups is 1. The van der Waals surface area contributed by atoms with Gasteiger partial charge in [-0.25, -0.2) is 4.98 Å². The molecule has 0 aliphatic rings. The van der Waals surface area contributed by atoms with E-state index in [1.54, 1.807) is 60.7 Å². The summed E-state index contributed by atoms with van der Waals surface area (Å²) in [5, 5.41) is 9.17. The van der Waals surface area contributed by atoms with Crippen LogP contribution >= 0.6 is 46.3 Å². The van der Waals surface area contributed by atoms with Gasteiger partial charge >= 0.3 is 0 Å². The van der Waals surface area contributed by atoms with E-state index in [2.05, 4.69) is 20.9 Å². The van der Waals surface area contributed by atoms with E-state index >= 15 is 0 Å². The first-order chi connectivity index (χ1) is 22.6. The zero-order valence-corrected chi connectivity index (χ0v) is 28.8.